The van der Waals surface area contributed by atoms with Gasteiger partial charge in [-0.15, -0.1) is 0 Å². The predicted molar refractivity (Wildman–Crippen MR) is 147 cm³/mol. The molecule has 0 aliphatic rings. The summed E-state index contributed by atoms with van der Waals surface area (Å²) in [7, 11) is -3.60. The molecule has 0 saturated heterocycles. The van der Waals surface area contributed by atoms with Gasteiger partial charge in [-0.25, -0.2) is 8.42 Å². The summed E-state index contributed by atoms with van der Waals surface area (Å²) in [5, 5.41) is 3.89. The van der Waals surface area contributed by atoms with Gasteiger partial charge >= 0.3 is 0 Å². The van der Waals surface area contributed by atoms with Crippen LogP contribution in [0, 0.1) is 12.8 Å². The zero-order valence-corrected chi connectivity index (χ0v) is 23.8. The molecular formula is C26H35Cl2N3O4S. The molecule has 1 unspecified atom stereocenters. The van der Waals surface area contributed by atoms with Gasteiger partial charge in [0.2, 0.25) is 21.8 Å². The number of amides is 2. The number of hydrogen-bond acceptors (Lipinski definition) is 4. The Morgan fingerprint density at radius 1 is 1.06 bits per heavy atom. The molecule has 36 heavy (non-hydrogen) atoms. The number of halogens is 2. The van der Waals surface area contributed by atoms with Crippen LogP contribution in [0.2, 0.25) is 10.0 Å². The second-order valence-corrected chi connectivity index (χ2v) is 12.0. The van der Waals surface area contributed by atoms with Gasteiger partial charge in [-0.05, 0) is 61.6 Å². The minimum absolute atomic E-state index is 0.0635. The summed E-state index contributed by atoms with van der Waals surface area (Å²) in [5.74, 6) is -0.222. The molecule has 0 fully saturated rings. The molecule has 2 aromatic carbocycles. The van der Waals surface area contributed by atoms with Crippen LogP contribution in [0.4, 0.5) is 5.69 Å². The van der Waals surface area contributed by atoms with E-state index in [2.05, 4.69) is 5.32 Å². The second kappa shape index (κ2) is 13.3. The van der Waals surface area contributed by atoms with Crippen molar-refractivity contribution in [3.63, 3.8) is 0 Å². The highest BCUT2D eigenvalue weighted by Crippen LogP contribution is 2.28. The minimum atomic E-state index is -3.60. The third-order valence-corrected chi connectivity index (χ3v) is 7.58. The maximum absolute atomic E-state index is 13.3. The number of benzene rings is 2. The molecule has 0 heterocycles. The van der Waals surface area contributed by atoms with Crippen LogP contribution in [0.25, 0.3) is 0 Å². The Morgan fingerprint density at radius 2 is 1.72 bits per heavy atom. The summed E-state index contributed by atoms with van der Waals surface area (Å²) in [4.78, 5) is 27.6. The fourth-order valence-electron chi connectivity index (χ4n) is 3.72. The average molecular weight is 557 g/mol. The molecule has 0 aliphatic carbocycles. The van der Waals surface area contributed by atoms with Crippen LogP contribution in [-0.2, 0) is 26.2 Å². The Morgan fingerprint density at radius 3 is 2.33 bits per heavy atom. The lowest BCUT2D eigenvalue weighted by Gasteiger charge is -2.30. The van der Waals surface area contributed by atoms with Gasteiger partial charge in [0.05, 0.1) is 11.9 Å². The van der Waals surface area contributed by atoms with Gasteiger partial charge in [0.1, 0.15) is 6.04 Å². The van der Waals surface area contributed by atoms with Gasteiger partial charge in [-0.3, -0.25) is 13.9 Å². The zero-order chi connectivity index (χ0) is 27.0. The second-order valence-electron chi connectivity index (χ2n) is 9.29. The van der Waals surface area contributed by atoms with Crippen molar-refractivity contribution in [2.45, 2.75) is 53.1 Å². The Hall–Kier alpha value is -2.29. The maximum Gasteiger partial charge on any atom is 0.242 e. The maximum atomic E-state index is 13.3. The molecule has 0 bridgehead atoms. The van der Waals surface area contributed by atoms with Crippen molar-refractivity contribution in [1.82, 2.24) is 10.2 Å². The average Bonchev–Trinajstić information content (AvgIpc) is 2.79. The van der Waals surface area contributed by atoms with E-state index in [1.54, 1.807) is 50.2 Å². The van der Waals surface area contributed by atoms with E-state index in [-0.39, 0.29) is 43.7 Å². The molecule has 2 amide bonds. The first-order valence-corrected chi connectivity index (χ1v) is 14.5. The van der Waals surface area contributed by atoms with E-state index < -0.39 is 16.1 Å². The summed E-state index contributed by atoms with van der Waals surface area (Å²) in [6.07, 6.45) is 1.46. The minimum Gasteiger partial charge on any atom is -0.354 e. The van der Waals surface area contributed by atoms with Gasteiger partial charge in [0, 0.05) is 36.1 Å². The van der Waals surface area contributed by atoms with E-state index in [1.165, 1.54) is 9.21 Å². The summed E-state index contributed by atoms with van der Waals surface area (Å²) >= 11 is 12.3. The Balaban J connectivity index is 2.20. The van der Waals surface area contributed by atoms with Gasteiger partial charge in [0.25, 0.3) is 0 Å². The molecule has 198 valence electrons. The Bertz CT molecular complexity index is 1170. The fraction of sp³-hybridized carbons (Fsp3) is 0.462. The lowest BCUT2D eigenvalue weighted by molar-refractivity contribution is -0.140. The SMILES string of the molecule is Cc1c(Cl)cccc1N(CCCC(=O)N(Cc1cccc(Cl)c1)C(C)C(=O)NCC(C)C)S(C)(=O)=O. The van der Waals surface area contributed by atoms with Gasteiger partial charge in [0.15, 0.2) is 0 Å². The molecule has 10 heteroatoms. The Kier molecular flexibility index (Phi) is 11.1. The van der Waals surface area contributed by atoms with E-state index in [0.717, 1.165) is 11.8 Å². The monoisotopic (exact) mass is 555 g/mol. The van der Waals surface area contributed by atoms with Crippen LogP contribution in [0.1, 0.15) is 44.7 Å². The molecule has 0 spiro atoms. The van der Waals surface area contributed by atoms with E-state index in [9.17, 15) is 18.0 Å². The molecule has 2 rings (SSSR count). The standard InChI is InChI=1S/C26H35Cl2N3O4S/c1-18(2)16-29-26(33)20(4)30(17-21-9-6-10-22(27)15-21)25(32)13-8-14-31(36(5,34)35)24-12-7-11-23(28)19(24)3/h6-7,9-12,15,18,20H,8,13-14,16-17H2,1-5H3,(H,29,33). The molecule has 7 nitrogen and oxygen atoms in total. The van der Waals surface area contributed by atoms with Crippen LogP contribution < -0.4 is 9.62 Å². The van der Waals surface area contributed by atoms with Gasteiger partial charge in [-0.2, -0.15) is 0 Å². The number of rotatable bonds is 12. The Labute approximate surface area is 224 Å². The third kappa shape index (κ3) is 8.68. The largest absolute Gasteiger partial charge is 0.354 e. The highest BCUT2D eigenvalue weighted by Gasteiger charge is 2.27. The fourth-order valence-corrected chi connectivity index (χ4v) is 5.11. The van der Waals surface area contributed by atoms with Crippen molar-refractivity contribution in [3.05, 3.63) is 63.6 Å². The summed E-state index contributed by atoms with van der Waals surface area (Å²) in [6.45, 7) is 8.25. The summed E-state index contributed by atoms with van der Waals surface area (Å²) in [6, 6.07) is 11.5. The molecule has 1 atom stereocenters. The topological polar surface area (TPSA) is 86.8 Å². The van der Waals surface area contributed by atoms with Gasteiger partial charge < -0.3 is 10.2 Å². The number of anilines is 1. The first-order valence-electron chi connectivity index (χ1n) is 11.9. The molecule has 0 aromatic heterocycles. The van der Waals surface area contributed by atoms with Crippen molar-refractivity contribution in [2.24, 2.45) is 5.92 Å². The van der Waals surface area contributed by atoms with Crippen LogP contribution in [-0.4, -0.2) is 50.5 Å². The molecule has 1 N–H and O–H groups in total. The number of carbonyl (C=O) groups is 2. The van der Waals surface area contributed by atoms with Crippen molar-refractivity contribution in [2.75, 3.05) is 23.7 Å². The quantitative estimate of drug-likeness (QED) is 0.397. The highest BCUT2D eigenvalue weighted by molar-refractivity contribution is 7.92. The molecule has 0 aliphatic heterocycles. The first kappa shape index (κ1) is 29.9. The number of nitrogens with one attached hydrogen (secondary N) is 1. The van der Waals surface area contributed by atoms with E-state index in [4.69, 9.17) is 23.2 Å². The lowest BCUT2D eigenvalue weighted by atomic mass is 10.1. The number of nitrogens with zero attached hydrogens (tertiary/aromatic N) is 2. The smallest absolute Gasteiger partial charge is 0.242 e. The zero-order valence-electron chi connectivity index (χ0n) is 21.4. The molecular weight excluding hydrogens is 521 g/mol. The summed E-state index contributed by atoms with van der Waals surface area (Å²) in [5.41, 5.74) is 1.93. The molecule has 0 saturated carbocycles. The van der Waals surface area contributed by atoms with Crippen molar-refractivity contribution in [3.8, 4) is 0 Å². The summed E-state index contributed by atoms with van der Waals surface area (Å²) < 4.78 is 26.3. The van der Waals surface area contributed by atoms with Crippen molar-refractivity contribution in [1.29, 1.82) is 0 Å². The lowest BCUT2D eigenvalue weighted by Crippen LogP contribution is -2.48. The predicted octanol–water partition coefficient (Wildman–Crippen LogP) is 5.04. The van der Waals surface area contributed by atoms with Crippen LogP contribution in [0.15, 0.2) is 42.5 Å². The molecule has 0 radical (unpaired) electrons. The number of carbonyl (C=O) groups excluding carboxylic acids is 2. The normalized spacial score (nSPS) is 12.3. The van der Waals surface area contributed by atoms with Crippen LogP contribution >= 0.6 is 23.2 Å². The van der Waals surface area contributed by atoms with Crippen LogP contribution in [0.3, 0.4) is 0 Å². The third-order valence-electron chi connectivity index (χ3n) is 5.75. The highest BCUT2D eigenvalue weighted by atomic mass is 35.5. The van der Waals surface area contributed by atoms with E-state index in [0.29, 0.717) is 27.8 Å². The first-order chi connectivity index (χ1) is 16.8. The number of sulfonamides is 1. The van der Waals surface area contributed by atoms with E-state index >= 15 is 0 Å². The van der Waals surface area contributed by atoms with E-state index in [1.807, 2.05) is 19.9 Å². The molecule has 2 aromatic rings. The van der Waals surface area contributed by atoms with Crippen molar-refractivity contribution >= 4 is 50.7 Å². The van der Waals surface area contributed by atoms with Crippen molar-refractivity contribution < 1.29 is 18.0 Å². The van der Waals surface area contributed by atoms with Crippen LogP contribution in [0.5, 0.6) is 0 Å². The van der Waals surface area contributed by atoms with Gasteiger partial charge in [-0.1, -0.05) is 55.2 Å². The number of hydrogen-bond donors (Lipinski definition) is 1.